The molecular formula is C12H12ClNO. The number of terminal acetylenes is 1. The molecular weight excluding hydrogens is 210 g/mol. The minimum absolute atomic E-state index is 0.192. The number of benzene rings is 1. The van der Waals surface area contributed by atoms with Crippen LogP contribution in [0.25, 0.3) is 0 Å². The molecule has 1 aromatic rings. The highest BCUT2D eigenvalue weighted by Gasteiger charge is 2.09. The third-order valence-electron chi connectivity index (χ3n) is 2.00. The SMILES string of the molecule is C#CC(CC)NC(=O)c1cccc(Cl)c1. The van der Waals surface area contributed by atoms with Crippen LogP contribution in [0.2, 0.25) is 5.02 Å². The van der Waals surface area contributed by atoms with Gasteiger partial charge in [0.25, 0.3) is 5.91 Å². The summed E-state index contributed by atoms with van der Waals surface area (Å²) in [5, 5.41) is 3.26. The summed E-state index contributed by atoms with van der Waals surface area (Å²) in [4.78, 5) is 11.7. The van der Waals surface area contributed by atoms with Crippen LogP contribution in [0, 0.1) is 12.3 Å². The Morgan fingerprint density at radius 1 is 1.67 bits per heavy atom. The van der Waals surface area contributed by atoms with E-state index in [1.807, 2.05) is 6.92 Å². The Kier molecular flexibility index (Phi) is 4.20. The fraction of sp³-hybridized carbons (Fsp3) is 0.250. The van der Waals surface area contributed by atoms with Gasteiger partial charge in [0, 0.05) is 10.6 Å². The predicted molar refractivity (Wildman–Crippen MR) is 61.8 cm³/mol. The van der Waals surface area contributed by atoms with Gasteiger partial charge in [0.2, 0.25) is 0 Å². The summed E-state index contributed by atoms with van der Waals surface area (Å²) >= 11 is 5.77. The normalized spacial score (nSPS) is 11.5. The molecule has 0 radical (unpaired) electrons. The number of hydrogen-bond donors (Lipinski definition) is 1. The molecule has 0 saturated heterocycles. The van der Waals surface area contributed by atoms with Gasteiger partial charge >= 0.3 is 0 Å². The molecule has 0 aliphatic carbocycles. The molecule has 0 aromatic heterocycles. The molecule has 2 nitrogen and oxygen atoms in total. The van der Waals surface area contributed by atoms with E-state index in [9.17, 15) is 4.79 Å². The number of carbonyl (C=O) groups is 1. The number of rotatable bonds is 3. The first-order chi connectivity index (χ1) is 7.17. The zero-order chi connectivity index (χ0) is 11.3. The zero-order valence-electron chi connectivity index (χ0n) is 8.46. The molecule has 1 aromatic carbocycles. The van der Waals surface area contributed by atoms with Crippen LogP contribution in [-0.2, 0) is 0 Å². The lowest BCUT2D eigenvalue weighted by Crippen LogP contribution is -2.33. The lowest BCUT2D eigenvalue weighted by molar-refractivity contribution is 0.0945. The molecule has 0 aliphatic rings. The van der Waals surface area contributed by atoms with E-state index in [4.69, 9.17) is 18.0 Å². The molecule has 0 aliphatic heterocycles. The molecule has 0 spiro atoms. The third-order valence-corrected chi connectivity index (χ3v) is 2.24. The highest BCUT2D eigenvalue weighted by molar-refractivity contribution is 6.30. The molecule has 1 atom stereocenters. The van der Waals surface area contributed by atoms with Gasteiger partial charge in [-0.2, -0.15) is 0 Å². The topological polar surface area (TPSA) is 29.1 Å². The van der Waals surface area contributed by atoms with Crippen LogP contribution in [0.15, 0.2) is 24.3 Å². The van der Waals surface area contributed by atoms with Crippen molar-refractivity contribution in [1.82, 2.24) is 5.32 Å². The molecule has 1 N–H and O–H groups in total. The number of hydrogen-bond acceptors (Lipinski definition) is 1. The Bertz CT molecular complexity index is 395. The summed E-state index contributed by atoms with van der Waals surface area (Å²) in [6.45, 7) is 1.92. The van der Waals surface area contributed by atoms with Crippen LogP contribution in [-0.4, -0.2) is 11.9 Å². The lowest BCUT2D eigenvalue weighted by atomic mass is 10.2. The summed E-state index contributed by atoms with van der Waals surface area (Å²) in [5.41, 5.74) is 0.524. The van der Waals surface area contributed by atoms with Crippen molar-refractivity contribution >= 4 is 17.5 Å². The maximum atomic E-state index is 11.7. The zero-order valence-corrected chi connectivity index (χ0v) is 9.21. The van der Waals surface area contributed by atoms with Crippen LogP contribution >= 0.6 is 11.6 Å². The van der Waals surface area contributed by atoms with Gasteiger partial charge in [0.05, 0.1) is 6.04 Å². The van der Waals surface area contributed by atoms with Crippen LogP contribution in [0.3, 0.4) is 0 Å². The average molecular weight is 222 g/mol. The van der Waals surface area contributed by atoms with Crippen molar-refractivity contribution in [1.29, 1.82) is 0 Å². The van der Waals surface area contributed by atoms with Crippen LogP contribution in [0.4, 0.5) is 0 Å². The second-order valence-electron chi connectivity index (χ2n) is 3.11. The first-order valence-electron chi connectivity index (χ1n) is 4.70. The van der Waals surface area contributed by atoms with E-state index < -0.39 is 0 Å². The molecule has 3 heteroatoms. The molecule has 0 fully saturated rings. The Morgan fingerprint density at radius 2 is 2.40 bits per heavy atom. The molecule has 0 bridgehead atoms. The van der Waals surface area contributed by atoms with E-state index in [1.54, 1.807) is 24.3 Å². The van der Waals surface area contributed by atoms with E-state index >= 15 is 0 Å². The van der Waals surface area contributed by atoms with Crippen molar-refractivity contribution in [2.75, 3.05) is 0 Å². The van der Waals surface area contributed by atoms with Crippen LogP contribution in [0.5, 0.6) is 0 Å². The molecule has 15 heavy (non-hydrogen) atoms. The Hall–Kier alpha value is -1.46. The largest absolute Gasteiger partial charge is 0.338 e. The Labute approximate surface area is 94.6 Å². The number of amides is 1. The van der Waals surface area contributed by atoms with Crippen molar-refractivity contribution < 1.29 is 4.79 Å². The summed E-state index contributed by atoms with van der Waals surface area (Å²) in [6, 6.07) is 6.53. The maximum absolute atomic E-state index is 11.7. The smallest absolute Gasteiger partial charge is 0.252 e. The number of halogens is 1. The van der Waals surface area contributed by atoms with E-state index in [2.05, 4.69) is 11.2 Å². The van der Waals surface area contributed by atoms with E-state index in [-0.39, 0.29) is 11.9 Å². The highest BCUT2D eigenvalue weighted by atomic mass is 35.5. The second kappa shape index (κ2) is 5.43. The summed E-state index contributed by atoms with van der Waals surface area (Å²) < 4.78 is 0. The molecule has 0 saturated carbocycles. The minimum atomic E-state index is -0.225. The van der Waals surface area contributed by atoms with Gasteiger partial charge in [0.15, 0.2) is 0 Å². The first kappa shape index (κ1) is 11.6. The molecule has 0 heterocycles. The second-order valence-corrected chi connectivity index (χ2v) is 3.55. The van der Waals surface area contributed by atoms with Gasteiger partial charge in [-0.3, -0.25) is 4.79 Å². The van der Waals surface area contributed by atoms with Crippen molar-refractivity contribution in [3.63, 3.8) is 0 Å². The number of nitrogens with one attached hydrogen (secondary N) is 1. The molecule has 1 unspecified atom stereocenters. The van der Waals surface area contributed by atoms with Crippen LogP contribution < -0.4 is 5.32 Å². The van der Waals surface area contributed by atoms with Gasteiger partial charge in [-0.15, -0.1) is 6.42 Å². The summed E-state index contributed by atoms with van der Waals surface area (Å²) in [7, 11) is 0. The molecule has 1 amide bonds. The summed E-state index contributed by atoms with van der Waals surface area (Å²) in [5.74, 6) is 2.31. The van der Waals surface area contributed by atoms with Gasteiger partial charge in [0.1, 0.15) is 0 Å². The predicted octanol–water partition coefficient (Wildman–Crippen LogP) is 2.48. The fourth-order valence-corrected chi connectivity index (χ4v) is 1.32. The van der Waals surface area contributed by atoms with Crippen molar-refractivity contribution in [3.05, 3.63) is 34.9 Å². The van der Waals surface area contributed by atoms with Gasteiger partial charge in [-0.05, 0) is 24.6 Å². The Morgan fingerprint density at radius 3 is 2.93 bits per heavy atom. The van der Waals surface area contributed by atoms with Crippen LogP contribution in [0.1, 0.15) is 23.7 Å². The fourth-order valence-electron chi connectivity index (χ4n) is 1.13. The highest BCUT2D eigenvalue weighted by Crippen LogP contribution is 2.10. The lowest BCUT2D eigenvalue weighted by Gasteiger charge is -2.10. The standard InChI is InChI=1S/C12H12ClNO/c1-3-11(4-2)14-12(15)9-6-5-7-10(13)8-9/h1,5-8,11H,4H2,2H3,(H,14,15). The van der Waals surface area contributed by atoms with Gasteiger partial charge in [-0.1, -0.05) is 30.5 Å². The average Bonchev–Trinajstić information content (AvgIpc) is 2.25. The summed E-state index contributed by atoms with van der Waals surface area (Å²) in [6.07, 6.45) is 5.96. The van der Waals surface area contributed by atoms with Gasteiger partial charge < -0.3 is 5.32 Å². The first-order valence-corrected chi connectivity index (χ1v) is 5.07. The van der Waals surface area contributed by atoms with E-state index in [0.717, 1.165) is 0 Å². The number of carbonyl (C=O) groups excluding carboxylic acids is 1. The van der Waals surface area contributed by atoms with E-state index in [0.29, 0.717) is 17.0 Å². The quantitative estimate of drug-likeness (QED) is 0.781. The van der Waals surface area contributed by atoms with E-state index in [1.165, 1.54) is 0 Å². The Balaban J connectivity index is 2.74. The monoisotopic (exact) mass is 221 g/mol. The molecule has 1 rings (SSSR count). The van der Waals surface area contributed by atoms with Crippen molar-refractivity contribution in [3.8, 4) is 12.3 Å². The third kappa shape index (κ3) is 3.30. The van der Waals surface area contributed by atoms with Crippen molar-refractivity contribution in [2.24, 2.45) is 0 Å². The minimum Gasteiger partial charge on any atom is -0.338 e. The maximum Gasteiger partial charge on any atom is 0.252 e. The van der Waals surface area contributed by atoms with Crippen molar-refractivity contribution in [2.45, 2.75) is 19.4 Å². The molecule has 78 valence electrons. The van der Waals surface area contributed by atoms with Gasteiger partial charge in [-0.25, -0.2) is 0 Å².